The van der Waals surface area contributed by atoms with Crippen molar-refractivity contribution in [1.29, 1.82) is 0 Å². The quantitative estimate of drug-likeness (QED) is 0.778. The van der Waals surface area contributed by atoms with Gasteiger partial charge in [-0.05, 0) is 49.6 Å². The summed E-state index contributed by atoms with van der Waals surface area (Å²) in [7, 11) is 1.70. The Labute approximate surface area is 138 Å². The molecule has 0 bridgehead atoms. The van der Waals surface area contributed by atoms with Crippen LogP contribution < -0.4 is 0 Å². The van der Waals surface area contributed by atoms with Gasteiger partial charge < -0.3 is 14.5 Å². The maximum atomic E-state index is 11.7. The van der Waals surface area contributed by atoms with Crippen molar-refractivity contribution >= 4 is 22.4 Å². The van der Waals surface area contributed by atoms with Crippen LogP contribution in [0.2, 0.25) is 0 Å². The van der Waals surface area contributed by atoms with E-state index in [0.29, 0.717) is 18.9 Å². The average molecular weight is 317 g/mol. The molecule has 4 nitrogen and oxygen atoms in total. The number of aromatic amines is 1. The zero-order chi connectivity index (χ0) is 17.2. The number of H-pyrrole nitrogens is 1. The topological polar surface area (TPSA) is 51.3 Å². The zero-order valence-corrected chi connectivity index (χ0v) is 14.7. The van der Waals surface area contributed by atoms with E-state index in [-0.39, 0.29) is 5.97 Å². The molecule has 0 unspecified atom stereocenters. The summed E-state index contributed by atoms with van der Waals surface area (Å²) in [6.45, 7) is 8.89. The number of fused-ring (bicyclic) bond motifs is 1. The van der Waals surface area contributed by atoms with Crippen LogP contribution in [0.4, 0.5) is 0 Å². The normalized spacial score (nSPS) is 11.1. The van der Waals surface area contributed by atoms with Gasteiger partial charge in [0.15, 0.2) is 0 Å². The van der Waals surface area contributed by atoms with Crippen molar-refractivity contribution in [3.8, 4) is 0 Å². The third-order valence-electron chi connectivity index (χ3n) is 3.41. The predicted molar refractivity (Wildman–Crippen MR) is 95.7 cm³/mol. The van der Waals surface area contributed by atoms with Gasteiger partial charge in [0, 0.05) is 18.0 Å². The fraction of sp³-hybridized carbons (Fsp3) is 0.421. The van der Waals surface area contributed by atoms with Crippen molar-refractivity contribution in [2.75, 3.05) is 20.3 Å². The second kappa shape index (κ2) is 9.85. The zero-order valence-electron chi connectivity index (χ0n) is 14.7. The van der Waals surface area contributed by atoms with Crippen molar-refractivity contribution in [2.45, 2.75) is 34.1 Å². The van der Waals surface area contributed by atoms with Crippen LogP contribution in [-0.2, 0) is 9.47 Å². The number of aromatic nitrogens is 1. The maximum Gasteiger partial charge on any atom is 0.354 e. The second-order valence-electron chi connectivity index (χ2n) is 4.76. The van der Waals surface area contributed by atoms with Gasteiger partial charge in [-0.3, -0.25) is 0 Å². The summed E-state index contributed by atoms with van der Waals surface area (Å²) < 4.78 is 10.1. The van der Waals surface area contributed by atoms with Gasteiger partial charge in [-0.2, -0.15) is 0 Å². The van der Waals surface area contributed by atoms with Crippen LogP contribution in [0.5, 0.6) is 0 Å². The van der Waals surface area contributed by atoms with E-state index in [1.54, 1.807) is 14.0 Å². The van der Waals surface area contributed by atoms with Crippen LogP contribution in [0.25, 0.3) is 16.5 Å². The molecule has 0 fully saturated rings. The maximum absolute atomic E-state index is 11.7. The molecule has 2 rings (SSSR count). The van der Waals surface area contributed by atoms with Gasteiger partial charge in [0.25, 0.3) is 0 Å². The number of esters is 1. The Morgan fingerprint density at radius 2 is 2.00 bits per heavy atom. The van der Waals surface area contributed by atoms with Gasteiger partial charge in [-0.25, -0.2) is 4.79 Å². The number of carbonyl (C=O) groups excluding carboxylic acids is 1. The molecular formula is C19H27NO3. The highest BCUT2D eigenvalue weighted by Gasteiger charge is 2.11. The summed E-state index contributed by atoms with van der Waals surface area (Å²) in [5.41, 5.74) is 3.81. The van der Waals surface area contributed by atoms with Crippen LogP contribution in [0, 0.1) is 0 Å². The molecule has 0 amide bonds. The molecule has 0 aliphatic carbocycles. The number of allylic oxidation sites excluding steroid dienone is 1. The number of carbonyl (C=O) groups is 1. The van der Waals surface area contributed by atoms with Crippen molar-refractivity contribution in [1.82, 2.24) is 4.98 Å². The number of nitrogens with one attached hydrogen (secondary N) is 1. The van der Waals surface area contributed by atoms with E-state index >= 15 is 0 Å². The number of rotatable bonds is 6. The van der Waals surface area contributed by atoms with E-state index in [0.717, 1.165) is 22.9 Å². The lowest BCUT2D eigenvalue weighted by atomic mass is 10.0. The van der Waals surface area contributed by atoms with Crippen molar-refractivity contribution in [2.24, 2.45) is 0 Å². The van der Waals surface area contributed by atoms with Gasteiger partial charge >= 0.3 is 5.97 Å². The molecule has 0 aliphatic rings. The minimum absolute atomic E-state index is 0.319. The molecule has 1 aromatic heterocycles. The van der Waals surface area contributed by atoms with E-state index in [1.165, 1.54) is 5.57 Å². The van der Waals surface area contributed by atoms with E-state index in [2.05, 4.69) is 23.2 Å². The number of methoxy groups -OCH3 is 1. The first-order valence-electron chi connectivity index (χ1n) is 8.14. The Kier molecular flexibility index (Phi) is 8.13. The first-order valence-corrected chi connectivity index (χ1v) is 8.14. The molecule has 0 radical (unpaired) electrons. The summed E-state index contributed by atoms with van der Waals surface area (Å²) in [6, 6.07) is 7.96. The SMILES string of the molecule is C/C=C(\CCOC)c1ccc2[nH]c(C(=O)OCC)cc2c1.CC. The largest absolute Gasteiger partial charge is 0.461 e. The Morgan fingerprint density at radius 1 is 1.26 bits per heavy atom. The molecule has 0 aliphatic heterocycles. The first kappa shape index (κ1) is 19.0. The van der Waals surface area contributed by atoms with Crippen molar-refractivity contribution in [3.05, 3.63) is 41.6 Å². The van der Waals surface area contributed by atoms with E-state index in [1.807, 2.05) is 32.9 Å². The molecule has 23 heavy (non-hydrogen) atoms. The lowest BCUT2D eigenvalue weighted by Gasteiger charge is -2.07. The van der Waals surface area contributed by atoms with Gasteiger partial charge in [-0.1, -0.05) is 26.0 Å². The van der Waals surface area contributed by atoms with Gasteiger partial charge in [0.05, 0.1) is 13.2 Å². The first-order chi connectivity index (χ1) is 11.2. The van der Waals surface area contributed by atoms with Gasteiger partial charge in [0.2, 0.25) is 0 Å². The molecule has 4 heteroatoms. The lowest BCUT2D eigenvalue weighted by molar-refractivity contribution is 0.0520. The Hall–Kier alpha value is -2.07. The lowest BCUT2D eigenvalue weighted by Crippen LogP contribution is -2.04. The fourth-order valence-corrected chi connectivity index (χ4v) is 2.32. The number of hydrogen-bond donors (Lipinski definition) is 1. The summed E-state index contributed by atoms with van der Waals surface area (Å²) in [6.07, 6.45) is 2.97. The van der Waals surface area contributed by atoms with Crippen LogP contribution in [0.15, 0.2) is 30.3 Å². The van der Waals surface area contributed by atoms with Crippen molar-refractivity contribution < 1.29 is 14.3 Å². The highest BCUT2D eigenvalue weighted by molar-refractivity contribution is 5.95. The summed E-state index contributed by atoms with van der Waals surface area (Å²) in [5, 5.41) is 1.01. The monoisotopic (exact) mass is 317 g/mol. The summed E-state index contributed by atoms with van der Waals surface area (Å²) in [4.78, 5) is 14.8. The number of benzene rings is 1. The van der Waals surface area contributed by atoms with E-state index < -0.39 is 0 Å². The minimum Gasteiger partial charge on any atom is -0.461 e. The molecule has 0 atom stereocenters. The average Bonchev–Trinajstić information content (AvgIpc) is 3.01. The molecule has 126 valence electrons. The fourth-order valence-electron chi connectivity index (χ4n) is 2.32. The second-order valence-corrected chi connectivity index (χ2v) is 4.76. The van der Waals surface area contributed by atoms with Crippen LogP contribution >= 0.6 is 0 Å². The van der Waals surface area contributed by atoms with Crippen LogP contribution in [0.3, 0.4) is 0 Å². The molecule has 1 aromatic carbocycles. The molecule has 0 saturated carbocycles. The third-order valence-corrected chi connectivity index (χ3v) is 3.41. The predicted octanol–water partition coefficient (Wildman–Crippen LogP) is 4.81. The van der Waals surface area contributed by atoms with Gasteiger partial charge in [-0.15, -0.1) is 0 Å². The highest BCUT2D eigenvalue weighted by Crippen LogP contribution is 2.24. The summed E-state index contributed by atoms with van der Waals surface area (Å²) >= 11 is 0. The standard InChI is InChI=1S/C17H21NO3.C2H6/c1-4-12(8-9-20-3)13-6-7-15-14(10-13)11-16(18-15)17(19)21-5-2;1-2/h4,6-7,10-11,18H,5,8-9H2,1-3H3;1-2H3/b12-4+;. The van der Waals surface area contributed by atoms with E-state index in [4.69, 9.17) is 9.47 Å². The minimum atomic E-state index is -0.319. The molecule has 1 heterocycles. The smallest absolute Gasteiger partial charge is 0.354 e. The number of hydrogen-bond acceptors (Lipinski definition) is 3. The molecule has 0 saturated heterocycles. The highest BCUT2D eigenvalue weighted by atomic mass is 16.5. The molecule has 0 spiro atoms. The molecule has 2 aromatic rings. The Morgan fingerprint density at radius 3 is 2.61 bits per heavy atom. The Bertz CT molecular complexity index is 656. The van der Waals surface area contributed by atoms with Crippen LogP contribution in [0.1, 0.15) is 50.2 Å². The number of ether oxygens (including phenoxy) is 2. The van der Waals surface area contributed by atoms with Crippen molar-refractivity contribution in [3.63, 3.8) is 0 Å². The van der Waals surface area contributed by atoms with Crippen LogP contribution in [-0.4, -0.2) is 31.3 Å². The van der Waals surface area contributed by atoms with E-state index in [9.17, 15) is 4.79 Å². The molecule has 1 N–H and O–H groups in total. The third kappa shape index (κ3) is 4.96. The molecular weight excluding hydrogens is 290 g/mol. The summed E-state index contributed by atoms with van der Waals surface area (Å²) in [5.74, 6) is -0.319. The Balaban J connectivity index is 0.00000127. The van der Waals surface area contributed by atoms with Gasteiger partial charge in [0.1, 0.15) is 5.69 Å².